The Morgan fingerprint density at radius 3 is 2.83 bits per heavy atom. The Bertz CT molecular complexity index is 870. The molecule has 0 unspecified atom stereocenters. The smallest absolute Gasteiger partial charge is 0.240 e. The van der Waals surface area contributed by atoms with Crippen LogP contribution >= 0.6 is 0 Å². The van der Waals surface area contributed by atoms with Crippen LogP contribution in [0.25, 0.3) is 11.0 Å². The van der Waals surface area contributed by atoms with Crippen LogP contribution in [0.5, 0.6) is 0 Å². The summed E-state index contributed by atoms with van der Waals surface area (Å²) in [7, 11) is 3.85. The summed E-state index contributed by atoms with van der Waals surface area (Å²) in [4.78, 5) is 27.2. The Morgan fingerprint density at radius 1 is 1.25 bits per heavy atom. The number of benzene rings is 1. The van der Waals surface area contributed by atoms with Crippen LogP contribution in [0.3, 0.4) is 0 Å². The van der Waals surface area contributed by atoms with E-state index in [1.165, 1.54) is 0 Å². The van der Waals surface area contributed by atoms with E-state index in [4.69, 9.17) is 0 Å². The van der Waals surface area contributed by atoms with Gasteiger partial charge in [0.25, 0.3) is 0 Å². The van der Waals surface area contributed by atoms with Crippen LogP contribution in [0.2, 0.25) is 0 Å². The van der Waals surface area contributed by atoms with Gasteiger partial charge >= 0.3 is 0 Å². The van der Waals surface area contributed by atoms with Gasteiger partial charge in [-0.15, -0.1) is 0 Å². The molecule has 0 fully saturated rings. The topological polar surface area (TPSA) is 75.9 Å². The zero-order valence-electron chi connectivity index (χ0n) is 14.0. The number of amides is 1. The van der Waals surface area contributed by atoms with E-state index in [-0.39, 0.29) is 12.5 Å². The SMILES string of the molecule is Cc1cc(N(C)C)nc(CNC(=O)Cn2cnc3ccccc32)n1. The van der Waals surface area contributed by atoms with Gasteiger partial charge in [0, 0.05) is 25.9 Å². The highest BCUT2D eigenvalue weighted by Gasteiger charge is 2.09. The van der Waals surface area contributed by atoms with Gasteiger partial charge in [-0.1, -0.05) is 12.1 Å². The van der Waals surface area contributed by atoms with Crippen LogP contribution in [0.15, 0.2) is 36.7 Å². The second kappa shape index (κ2) is 6.66. The molecule has 0 saturated carbocycles. The summed E-state index contributed by atoms with van der Waals surface area (Å²) >= 11 is 0. The van der Waals surface area contributed by atoms with Crippen molar-refractivity contribution in [1.82, 2.24) is 24.8 Å². The van der Waals surface area contributed by atoms with E-state index in [0.29, 0.717) is 12.4 Å². The van der Waals surface area contributed by atoms with E-state index in [2.05, 4.69) is 20.3 Å². The number of aryl methyl sites for hydroxylation is 1. The van der Waals surface area contributed by atoms with Crippen molar-refractivity contribution in [3.63, 3.8) is 0 Å². The molecule has 0 atom stereocenters. The Morgan fingerprint density at radius 2 is 2.04 bits per heavy atom. The van der Waals surface area contributed by atoms with E-state index in [0.717, 1.165) is 22.5 Å². The van der Waals surface area contributed by atoms with E-state index >= 15 is 0 Å². The molecule has 1 N–H and O–H groups in total. The molecular weight excluding hydrogens is 304 g/mol. The summed E-state index contributed by atoms with van der Waals surface area (Å²) in [6.07, 6.45) is 1.68. The number of hydrogen-bond donors (Lipinski definition) is 1. The van der Waals surface area contributed by atoms with Crippen molar-refractivity contribution in [2.24, 2.45) is 0 Å². The fraction of sp³-hybridized carbons (Fsp3) is 0.294. The number of carbonyl (C=O) groups excluding carboxylic acids is 1. The van der Waals surface area contributed by atoms with Crippen LogP contribution in [0.1, 0.15) is 11.5 Å². The second-order valence-electron chi connectivity index (χ2n) is 5.82. The van der Waals surface area contributed by atoms with Gasteiger partial charge in [0.15, 0.2) is 0 Å². The Hall–Kier alpha value is -2.96. The van der Waals surface area contributed by atoms with Gasteiger partial charge in [-0.3, -0.25) is 4.79 Å². The van der Waals surface area contributed by atoms with E-state index < -0.39 is 0 Å². The molecule has 7 nitrogen and oxygen atoms in total. The van der Waals surface area contributed by atoms with Crippen LogP contribution in [0, 0.1) is 6.92 Å². The van der Waals surface area contributed by atoms with Crippen molar-refractivity contribution in [2.75, 3.05) is 19.0 Å². The molecule has 24 heavy (non-hydrogen) atoms. The summed E-state index contributed by atoms with van der Waals surface area (Å²) in [5, 5.41) is 2.86. The van der Waals surface area contributed by atoms with Crippen molar-refractivity contribution in [3.05, 3.63) is 48.2 Å². The van der Waals surface area contributed by atoms with Gasteiger partial charge < -0.3 is 14.8 Å². The zero-order chi connectivity index (χ0) is 17.1. The van der Waals surface area contributed by atoms with Crippen LogP contribution in [0.4, 0.5) is 5.82 Å². The number of nitrogens with zero attached hydrogens (tertiary/aromatic N) is 5. The molecular formula is C17H20N6O. The maximum absolute atomic E-state index is 12.2. The fourth-order valence-corrected chi connectivity index (χ4v) is 2.44. The number of hydrogen-bond acceptors (Lipinski definition) is 5. The zero-order valence-corrected chi connectivity index (χ0v) is 14.0. The van der Waals surface area contributed by atoms with Gasteiger partial charge in [0.2, 0.25) is 5.91 Å². The van der Waals surface area contributed by atoms with Gasteiger partial charge in [-0.05, 0) is 19.1 Å². The standard InChI is InChI=1S/C17H20N6O/c1-12-8-16(22(2)3)21-15(20-12)9-18-17(24)10-23-11-19-13-6-4-5-7-14(13)23/h4-8,11H,9-10H2,1-3H3,(H,18,24). The molecule has 0 aliphatic heterocycles. The van der Waals surface area contributed by atoms with Crippen molar-refractivity contribution >= 4 is 22.8 Å². The number of carbonyl (C=O) groups is 1. The number of fused-ring (bicyclic) bond motifs is 1. The minimum absolute atomic E-state index is 0.102. The first kappa shape index (κ1) is 15.9. The molecule has 3 aromatic rings. The predicted molar refractivity (Wildman–Crippen MR) is 92.7 cm³/mol. The first-order chi connectivity index (χ1) is 11.5. The molecule has 0 spiro atoms. The largest absolute Gasteiger partial charge is 0.363 e. The molecule has 2 aromatic heterocycles. The lowest BCUT2D eigenvalue weighted by Gasteiger charge is -2.13. The lowest BCUT2D eigenvalue weighted by atomic mass is 10.3. The summed E-state index contributed by atoms with van der Waals surface area (Å²) in [6.45, 7) is 2.43. The third-order valence-electron chi connectivity index (χ3n) is 3.63. The van der Waals surface area contributed by atoms with Crippen LogP contribution < -0.4 is 10.2 Å². The van der Waals surface area contributed by atoms with Gasteiger partial charge in [0.05, 0.1) is 23.9 Å². The number of nitrogens with one attached hydrogen (secondary N) is 1. The van der Waals surface area contributed by atoms with E-state index in [1.54, 1.807) is 6.33 Å². The Kier molecular flexibility index (Phi) is 4.41. The number of anilines is 1. The maximum Gasteiger partial charge on any atom is 0.240 e. The number of imidazole rings is 1. The molecule has 0 saturated heterocycles. The van der Waals surface area contributed by atoms with Crippen LogP contribution in [-0.2, 0) is 17.9 Å². The van der Waals surface area contributed by atoms with Crippen molar-refractivity contribution < 1.29 is 4.79 Å². The van der Waals surface area contributed by atoms with Gasteiger partial charge in [0.1, 0.15) is 18.2 Å². The lowest BCUT2D eigenvalue weighted by molar-refractivity contribution is -0.121. The Balaban J connectivity index is 1.66. The predicted octanol–water partition coefficient (Wildman–Crippen LogP) is 1.52. The average Bonchev–Trinajstić information content (AvgIpc) is 2.96. The summed E-state index contributed by atoms with van der Waals surface area (Å²) < 4.78 is 1.83. The number of rotatable bonds is 5. The Labute approximate surface area is 140 Å². The minimum atomic E-state index is -0.102. The highest BCUT2D eigenvalue weighted by molar-refractivity contribution is 5.80. The quantitative estimate of drug-likeness (QED) is 0.770. The van der Waals surface area contributed by atoms with Gasteiger partial charge in [-0.25, -0.2) is 15.0 Å². The molecule has 0 aliphatic carbocycles. The molecule has 1 amide bonds. The normalized spacial score (nSPS) is 10.8. The second-order valence-corrected chi connectivity index (χ2v) is 5.82. The maximum atomic E-state index is 12.2. The first-order valence-corrected chi connectivity index (χ1v) is 7.71. The molecule has 1 aromatic carbocycles. The van der Waals surface area contributed by atoms with Crippen molar-refractivity contribution in [3.8, 4) is 0 Å². The number of aromatic nitrogens is 4. The average molecular weight is 324 g/mol. The molecule has 0 radical (unpaired) electrons. The molecule has 2 heterocycles. The summed E-state index contributed by atoms with van der Waals surface area (Å²) in [6, 6.07) is 9.64. The van der Waals surface area contributed by atoms with Crippen molar-refractivity contribution in [2.45, 2.75) is 20.0 Å². The molecule has 0 aliphatic rings. The van der Waals surface area contributed by atoms with Crippen LogP contribution in [-0.4, -0.2) is 39.5 Å². The first-order valence-electron chi connectivity index (χ1n) is 7.71. The lowest BCUT2D eigenvalue weighted by Crippen LogP contribution is -2.28. The monoisotopic (exact) mass is 324 g/mol. The van der Waals surface area contributed by atoms with E-state index in [9.17, 15) is 4.79 Å². The molecule has 0 bridgehead atoms. The third kappa shape index (κ3) is 3.51. The number of para-hydroxylation sites is 2. The molecule has 3 rings (SSSR count). The highest BCUT2D eigenvalue weighted by atomic mass is 16.1. The van der Waals surface area contributed by atoms with Crippen molar-refractivity contribution in [1.29, 1.82) is 0 Å². The minimum Gasteiger partial charge on any atom is -0.363 e. The molecule has 7 heteroatoms. The highest BCUT2D eigenvalue weighted by Crippen LogP contribution is 2.11. The third-order valence-corrected chi connectivity index (χ3v) is 3.63. The summed E-state index contributed by atoms with van der Waals surface area (Å²) in [5.74, 6) is 1.32. The fourth-order valence-electron chi connectivity index (χ4n) is 2.44. The molecule has 124 valence electrons. The summed E-state index contributed by atoms with van der Waals surface area (Å²) in [5.41, 5.74) is 2.69. The van der Waals surface area contributed by atoms with E-state index in [1.807, 2.05) is 60.8 Å². The van der Waals surface area contributed by atoms with Gasteiger partial charge in [-0.2, -0.15) is 0 Å².